The van der Waals surface area contributed by atoms with Gasteiger partial charge in [0.05, 0.1) is 7.14 Å². The van der Waals surface area contributed by atoms with Crippen molar-refractivity contribution >= 4 is 7.14 Å². The van der Waals surface area contributed by atoms with Crippen molar-refractivity contribution in [3.63, 3.8) is 0 Å². The zero-order valence-electron chi connectivity index (χ0n) is 6.95. The number of benzene rings is 1. The van der Waals surface area contributed by atoms with Crippen molar-refractivity contribution in [1.82, 2.24) is 0 Å². The van der Waals surface area contributed by atoms with E-state index in [1.165, 1.54) is 5.56 Å². The monoisotopic (exact) mass is 168 g/mol. The Bertz CT molecular complexity index is 260. The van der Waals surface area contributed by atoms with Crippen molar-refractivity contribution in [1.29, 1.82) is 0 Å². The first kappa shape index (κ1) is 8.55. The van der Waals surface area contributed by atoms with Crippen LogP contribution in [0.15, 0.2) is 30.3 Å². The fraction of sp³-hybridized carbons (Fsp3) is 0.333. The Hall–Kier alpha value is -0.550. The van der Waals surface area contributed by atoms with Crippen LogP contribution in [0.5, 0.6) is 0 Å². The second kappa shape index (κ2) is 3.23. The van der Waals surface area contributed by atoms with Crippen LogP contribution in [0.3, 0.4) is 0 Å². The van der Waals surface area contributed by atoms with Crippen molar-refractivity contribution in [2.75, 3.05) is 13.3 Å². The molecule has 1 nitrogen and oxygen atoms in total. The van der Waals surface area contributed by atoms with E-state index in [9.17, 15) is 4.57 Å². The first-order valence-electron chi connectivity index (χ1n) is 3.66. The molecule has 0 radical (unpaired) electrons. The normalized spacial score (nSPS) is 11.5. The molecule has 0 saturated heterocycles. The quantitative estimate of drug-likeness (QED) is 0.620. The van der Waals surface area contributed by atoms with E-state index in [0.717, 1.165) is 0 Å². The maximum absolute atomic E-state index is 11.4. The molecule has 0 amide bonds. The van der Waals surface area contributed by atoms with Crippen molar-refractivity contribution < 1.29 is 4.57 Å². The minimum absolute atomic E-state index is 0.716. The van der Waals surface area contributed by atoms with Crippen LogP contribution in [0.1, 0.15) is 5.56 Å². The summed E-state index contributed by atoms with van der Waals surface area (Å²) >= 11 is 0. The maximum Gasteiger partial charge on any atom is 0.0861 e. The number of hydrogen-bond acceptors (Lipinski definition) is 1. The second-order valence-corrected chi connectivity index (χ2v) is 6.68. The van der Waals surface area contributed by atoms with Gasteiger partial charge in [0.15, 0.2) is 0 Å². The average Bonchev–Trinajstić information content (AvgIpc) is 1.85. The van der Waals surface area contributed by atoms with Gasteiger partial charge in [0.1, 0.15) is 0 Å². The van der Waals surface area contributed by atoms with E-state index in [2.05, 4.69) is 0 Å². The molecule has 2 heteroatoms. The van der Waals surface area contributed by atoms with E-state index in [1.807, 2.05) is 43.7 Å². The van der Waals surface area contributed by atoms with Gasteiger partial charge in [0, 0.05) is 6.16 Å². The lowest BCUT2D eigenvalue weighted by atomic mass is 10.2. The lowest BCUT2D eigenvalue weighted by Gasteiger charge is -2.04. The molecule has 0 aliphatic heterocycles. The summed E-state index contributed by atoms with van der Waals surface area (Å²) in [5.41, 5.74) is 1.17. The third-order valence-electron chi connectivity index (χ3n) is 1.41. The molecule has 0 heterocycles. The molecule has 0 aromatic heterocycles. The molecular weight excluding hydrogens is 155 g/mol. The Morgan fingerprint density at radius 3 is 2.18 bits per heavy atom. The standard InChI is InChI=1S/C9H13OP/c1-11(2,10)8-9-6-4-3-5-7-9/h3-7H,8H2,1-2H3. The second-order valence-electron chi connectivity index (χ2n) is 3.22. The van der Waals surface area contributed by atoms with Crippen LogP contribution in [0.2, 0.25) is 0 Å². The molecular formula is C9H13OP. The summed E-state index contributed by atoms with van der Waals surface area (Å²) in [6.07, 6.45) is 0.716. The Labute approximate surface area is 67.8 Å². The predicted octanol–water partition coefficient (Wildman–Crippen LogP) is 2.81. The van der Waals surface area contributed by atoms with Crippen molar-refractivity contribution in [3.8, 4) is 0 Å². The Balaban J connectivity index is 2.74. The summed E-state index contributed by atoms with van der Waals surface area (Å²) in [6, 6.07) is 9.95. The molecule has 0 bridgehead atoms. The number of hydrogen-bond donors (Lipinski definition) is 0. The van der Waals surface area contributed by atoms with E-state index in [1.54, 1.807) is 0 Å². The maximum atomic E-state index is 11.4. The minimum atomic E-state index is -1.89. The van der Waals surface area contributed by atoms with Crippen LogP contribution in [-0.2, 0) is 10.7 Å². The predicted molar refractivity (Wildman–Crippen MR) is 49.6 cm³/mol. The molecule has 0 atom stereocenters. The van der Waals surface area contributed by atoms with Gasteiger partial charge >= 0.3 is 0 Å². The first-order chi connectivity index (χ1) is 5.08. The largest absolute Gasteiger partial charge is 0.324 e. The van der Waals surface area contributed by atoms with Crippen LogP contribution >= 0.6 is 7.14 Å². The minimum Gasteiger partial charge on any atom is -0.324 e. The SMILES string of the molecule is CP(C)(=O)Cc1ccccc1. The molecule has 0 fully saturated rings. The van der Waals surface area contributed by atoms with E-state index in [0.29, 0.717) is 6.16 Å². The molecule has 1 rings (SSSR count). The average molecular weight is 168 g/mol. The van der Waals surface area contributed by atoms with E-state index < -0.39 is 7.14 Å². The molecule has 60 valence electrons. The van der Waals surface area contributed by atoms with E-state index in [-0.39, 0.29) is 0 Å². The zero-order chi connectivity index (χ0) is 8.32. The van der Waals surface area contributed by atoms with Gasteiger partial charge in [-0.05, 0) is 18.9 Å². The zero-order valence-corrected chi connectivity index (χ0v) is 7.84. The fourth-order valence-electron chi connectivity index (χ4n) is 1.02. The van der Waals surface area contributed by atoms with E-state index >= 15 is 0 Å². The lowest BCUT2D eigenvalue weighted by molar-refractivity contribution is 0.582. The molecule has 1 aromatic carbocycles. The van der Waals surface area contributed by atoms with Crippen LogP contribution in [0.25, 0.3) is 0 Å². The molecule has 0 N–H and O–H groups in total. The highest BCUT2D eigenvalue weighted by atomic mass is 31.2. The van der Waals surface area contributed by atoms with Gasteiger partial charge in [-0.2, -0.15) is 0 Å². The topological polar surface area (TPSA) is 17.1 Å². The smallest absolute Gasteiger partial charge is 0.0861 e. The van der Waals surface area contributed by atoms with Gasteiger partial charge < -0.3 is 4.57 Å². The number of rotatable bonds is 2. The molecule has 1 aromatic rings. The molecule has 0 saturated carbocycles. The summed E-state index contributed by atoms with van der Waals surface area (Å²) in [6.45, 7) is 3.64. The summed E-state index contributed by atoms with van der Waals surface area (Å²) in [5.74, 6) is 0. The van der Waals surface area contributed by atoms with Gasteiger partial charge in [-0.1, -0.05) is 30.3 Å². The lowest BCUT2D eigenvalue weighted by Crippen LogP contribution is -1.83. The molecule has 0 aliphatic rings. The Morgan fingerprint density at radius 1 is 1.18 bits per heavy atom. The van der Waals surface area contributed by atoms with Crippen molar-refractivity contribution in [2.24, 2.45) is 0 Å². The molecule has 0 unspecified atom stereocenters. The summed E-state index contributed by atoms with van der Waals surface area (Å²) in [7, 11) is -1.89. The van der Waals surface area contributed by atoms with Crippen LogP contribution in [-0.4, -0.2) is 13.3 Å². The van der Waals surface area contributed by atoms with Gasteiger partial charge in [0.25, 0.3) is 0 Å². The summed E-state index contributed by atoms with van der Waals surface area (Å²) < 4.78 is 11.4. The van der Waals surface area contributed by atoms with Crippen molar-refractivity contribution in [2.45, 2.75) is 6.16 Å². The first-order valence-corrected chi connectivity index (χ1v) is 6.44. The van der Waals surface area contributed by atoms with Gasteiger partial charge in [-0.3, -0.25) is 0 Å². The van der Waals surface area contributed by atoms with Gasteiger partial charge in [0.2, 0.25) is 0 Å². The highest BCUT2D eigenvalue weighted by molar-refractivity contribution is 7.61. The highest BCUT2D eigenvalue weighted by Crippen LogP contribution is 2.39. The Kier molecular flexibility index (Phi) is 2.51. The van der Waals surface area contributed by atoms with Crippen LogP contribution in [0.4, 0.5) is 0 Å². The molecule has 0 spiro atoms. The van der Waals surface area contributed by atoms with E-state index in [4.69, 9.17) is 0 Å². The van der Waals surface area contributed by atoms with Crippen LogP contribution < -0.4 is 0 Å². The molecule has 11 heavy (non-hydrogen) atoms. The van der Waals surface area contributed by atoms with Gasteiger partial charge in [-0.25, -0.2) is 0 Å². The summed E-state index contributed by atoms with van der Waals surface area (Å²) in [5, 5.41) is 0. The summed E-state index contributed by atoms with van der Waals surface area (Å²) in [4.78, 5) is 0. The third kappa shape index (κ3) is 3.38. The third-order valence-corrected chi connectivity index (χ3v) is 2.53. The highest BCUT2D eigenvalue weighted by Gasteiger charge is 2.06. The van der Waals surface area contributed by atoms with Crippen molar-refractivity contribution in [3.05, 3.63) is 35.9 Å². The molecule has 0 aliphatic carbocycles. The van der Waals surface area contributed by atoms with Crippen LogP contribution in [0, 0.1) is 0 Å². The fourth-order valence-corrected chi connectivity index (χ4v) is 2.11. The van der Waals surface area contributed by atoms with Gasteiger partial charge in [-0.15, -0.1) is 0 Å². The Morgan fingerprint density at radius 2 is 1.73 bits per heavy atom.